The molecule has 0 radical (unpaired) electrons. The smallest absolute Gasteiger partial charge is 0.318 e. The third kappa shape index (κ3) is 5.21. The minimum atomic E-state index is -3.41. The molecule has 56 valence electrons. The van der Waals surface area contributed by atoms with E-state index in [-0.39, 0.29) is 0 Å². The number of hydrogen-bond donors (Lipinski definition) is 0. The van der Waals surface area contributed by atoms with Gasteiger partial charge >= 0.3 is 22.0 Å². The van der Waals surface area contributed by atoms with E-state index in [0.29, 0.717) is 0 Å². The van der Waals surface area contributed by atoms with Gasteiger partial charge in [0.15, 0.2) is 0 Å². The Morgan fingerprint density at radius 3 is 1.40 bits per heavy atom. The van der Waals surface area contributed by atoms with Gasteiger partial charge in [-0.25, -0.2) is 4.79 Å². The molecule has 0 spiro atoms. The average molecular weight is 186 g/mol. The Balaban J connectivity index is 3.88. The maximum atomic E-state index is 9.85. The predicted octanol–water partition coefficient (Wildman–Crippen LogP) is 1.32. The molecule has 0 fully saturated rings. The van der Waals surface area contributed by atoms with E-state index in [2.05, 4.69) is 9.05 Å². The Morgan fingerprint density at radius 2 is 1.20 bits per heavy atom. The highest BCUT2D eigenvalue weighted by Gasteiger charge is 2.09. The molecule has 9 heteroatoms. The maximum absolute atomic E-state index is 9.85. The van der Waals surface area contributed by atoms with Crippen LogP contribution < -0.4 is 0 Å². The Labute approximate surface area is 55.1 Å². The molecule has 0 N–H and O–H groups in total. The molecule has 0 aromatic heterocycles. The van der Waals surface area contributed by atoms with Gasteiger partial charge in [-0.05, 0) is 0 Å². The summed E-state index contributed by atoms with van der Waals surface area (Å²) in [7, 11) is -6.82. The molecule has 0 rings (SSSR count). The number of carbonyl (C=O) groups excluding carboxylic acids is 1. The molecular formula is CO7P2. The van der Waals surface area contributed by atoms with Gasteiger partial charge in [0.25, 0.3) is 0 Å². The van der Waals surface area contributed by atoms with Gasteiger partial charge in [-0.3, -0.25) is 0 Å². The van der Waals surface area contributed by atoms with Crippen molar-refractivity contribution >= 4 is 22.0 Å². The molecule has 0 bridgehead atoms. The van der Waals surface area contributed by atoms with Gasteiger partial charge in [-0.15, -0.1) is 0 Å². The summed E-state index contributed by atoms with van der Waals surface area (Å²) in [6.07, 6.45) is -1.78. The second-order valence-electron chi connectivity index (χ2n) is 0.880. The fourth-order valence-corrected chi connectivity index (χ4v) is 0.515. The molecule has 0 atom stereocenters. The molecular weight excluding hydrogens is 186 g/mol. The van der Waals surface area contributed by atoms with Crippen LogP contribution in [0.5, 0.6) is 0 Å². The van der Waals surface area contributed by atoms with Crippen LogP contribution in [0, 0.1) is 0 Å². The van der Waals surface area contributed by atoms with Crippen LogP contribution in [0.1, 0.15) is 0 Å². The minimum absolute atomic E-state index is 1.78. The summed E-state index contributed by atoms with van der Waals surface area (Å²) >= 11 is 0. The van der Waals surface area contributed by atoms with Crippen molar-refractivity contribution in [3.8, 4) is 0 Å². The second kappa shape index (κ2) is 3.98. The monoisotopic (exact) mass is 186 g/mol. The van der Waals surface area contributed by atoms with Gasteiger partial charge in [0.05, 0.1) is 0 Å². The van der Waals surface area contributed by atoms with Crippen molar-refractivity contribution in [1.82, 2.24) is 0 Å². The third-order valence-electron chi connectivity index (χ3n) is 0.298. The first-order valence-corrected chi connectivity index (χ1v) is 3.90. The van der Waals surface area contributed by atoms with Crippen LogP contribution in [0.3, 0.4) is 0 Å². The average Bonchev–Trinajstić information content (AvgIpc) is 1.58. The van der Waals surface area contributed by atoms with Gasteiger partial charge < -0.3 is 9.05 Å². The van der Waals surface area contributed by atoms with E-state index >= 15 is 0 Å². The molecule has 0 aliphatic rings. The van der Waals surface area contributed by atoms with Gasteiger partial charge in [-0.2, -0.15) is 18.3 Å². The quantitative estimate of drug-likeness (QED) is 0.598. The van der Waals surface area contributed by atoms with E-state index in [0.717, 1.165) is 0 Å². The lowest BCUT2D eigenvalue weighted by molar-refractivity contribution is 0.154. The van der Waals surface area contributed by atoms with Gasteiger partial charge in [-0.1, -0.05) is 0 Å². The lowest BCUT2D eigenvalue weighted by atomic mass is 11.5. The van der Waals surface area contributed by atoms with Crippen LogP contribution in [-0.2, 0) is 27.3 Å². The zero-order valence-electron chi connectivity index (χ0n) is 4.25. The first kappa shape index (κ1) is 9.07. The van der Waals surface area contributed by atoms with Crippen molar-refractivity contribution in [3.05, 3.63) is 0 Å². The second-order valence-corrected chi connectivity index (χ2v) is 2.14. The Morgan fingerprint density at radius 1 is 0.900 bits per heavy atom. The molecule has 0 aliphatic carbocycles. The van der Waals surface area contributed by atoms with Crippen molar-refractivity contribution in [2.75, 3.05) is 0 Å². The third-order valence-corrected chi connectivity index (χ3v) is 0.894. The molecule has 7 nitrogen and oxygen atoms in total. The number of carbonyl (C=O) groups is 1. The number of hydrogen-bond acceptors (Lipinski definition) is 7. The molecule has 0 aliphatic heterocycles. The first-order chi connectivity index (χ1) is 4.52. The molecule has 0 amide bonds. The summed E-state index contributed by atoms with van der Waals surface area (Å²) in [6.45, 7) is 0. The summed E-state index contributed by atoms with van der Waals surface area (Å²) in [4.78, 5) is 9.85. The standard InChI is InChI=1S/CO7P2/c2-1(7-9(3)4)8-10(5)6. The fourth-order valence-electron chi connectivity index (χ4n) is 0.138. The zero-order chi connectivity index (χ0) is 8.15. The Bertz CT molecular complexity index is 215. The van der Waals surface area contributed by atoms with Gasteiger partial charge in [0, 0.05) is 0 Å². The molecule has 0 aromatic carbocycles. The van der Waals surface area contributed by atoms with Gasteiger partial charge in [0.1, 0.15) is 0 Å². The largest absolute Gasteiger partial charge is 0.534 e. The summed E-state index contributed by atoms with van der Waals surface area (Å²) in [6, 6.07) is 0. The van der Waals surface area contributed by atoms with Crippen LogP contribution in [0.25, 0.3) is 0 Å². The van der Waals surface area contributed by atoms with Crippen molar-refractivity contribution in [2.45, 2.75) is 0 Å². The molecule has 0 heterocycles. The highest BCUT2D eigenvalue weighted by molar-refractivity contribution is 7.26. The highest BCUT2D eigenvalue weighted by Crippen LogP contribution is 2.12. The van der Waals surface area contributed by atoms with Crippen LogP contribution in [0.4, 0.5) is 4.79 Å². The fraction of sp³-hybridized carbons (Fsp3) is 0. The van der Waals surface area contributed by atoms with E-state index < -0.39 is 22.0 Å². The number of rotatable bonds is 2. The van der Waals surface area contributed by atoms with E-state index in [4.69, 9.17) is 0 Å². The van der Waals surface area contributed by atoms with Crippen molar-refractivity contribution in [3.63, 3.8) is 0 Å². The van der Waals surface area contributed by atoms with Crippen molar-refractivity contribution in [1.29, 1.82) is 0 Å². The molecule has 0 saturated carbocycles. The molecule has 0 saturated heterocycles. The molecule has 0 aromatic rings. The molecule has 0 unspecified atom stereocenters. The SMILES string of the molecule is O=C(OP(=O)=O)OP(=O)=O. The maximum Gasteiger partial charge on any atom is 0.534 e. The summed E-state index contributed by atoms with van der Waals surface area (Å²) < 4.78 is 44.6. The first-order valence-electron chi connectivity index (χ1n) is 1.71. The Kier molecular flexibility index (Phi) is 3.61. The van der Waals surface area contributed by atoms with Crippen molar-refractivity contribution < 1.29 is 32.1 Å². The summed E-state index contributed by atoms with van der Waals surface area (Å²) in [5, 5.41) is 0. The van der Waals surface area contributed by atoms with E-state index in [9.17, 15) is 23.1 Å². The lowest BCUT2D eigenvalue weighted by Crippen LogP contribution is -1.92. The van der Waals surface area contributed by atoms with E-state index in [1.54, 1.807) is 0 Å². The van der Waals surface area contributed by atoms with Crippen molar-refractivity contribution in [2.24, 2.45) is 0 Å². The van der Waals surface area contributed by atoms with Crippen LogP contribution in [0.15, 0.2) is 0 Å². The summed E-state index contributed by atoms with van der Waals surface area (Å²) in [5.74, 6) is 0. The highest BCUT2D eigenvalue weighted by atomic mass is 31.1. The Hall–Kier alpha value is -0.930. The minimum Gasteiger partial charge on any atom is -0.318 e. The normalized spacial score (nSPS) is 8.00. The topological polar surface area (TPSA) is 104 Å². The van der Waals surface area contributed by atoms with E-state index in [1.807, 2.05) is 0 Å². The van der Waals surface area contributed by atoms with Crippen LogP contribution in [-0.4, -0.2) is 6.16 Å². The zero-order valence-corrected chi connectivity index (χ0v) is 6.04. The van der Waals surface area contributed by atoms with Crippen LogP contribution in [0.2, 0.25) is 0 Å². The lowest BCUT2D eigenvalue weighted by Gasteiger charge is -1.84. The van der Waals surface area contributed by atoms with Crippen LogP contribution >= 0.6 is 15.8 Å². The molecule has 10 heavy (non-hydrogen) atoms. The van der Waals surface area contributed by atoms with Gasteiger partial charge in [0.2, 0.25) is 0 Å². The van der Waals surface area contributed by atoms with E-state index in [1.165, 1.54) is 0 Å². The summed E-state index contributed by atoms with van der Waals surface area (Å²) in [5.41, 5.74) is 0. The predicted molar refractivity (Wildman–Crippen MR) is 24.2 cm³/mol.